The number of para-hydroxylation sites is 1. The summed E-state index contributed by atoms with van der Waals surface area (Å²) >= 11 is 1.72. The van der Waals surface area contributed by atoms with Crippen LogP contribution in [0, 0.1) is 0 Å². The van der Waals surface area contributed by atoms with E-state index in [9.17, 15) is 4.79 Å². The molecule has 4 rings (SSSR count). The maximum Gasteiger partial charge on any atom is 0.236 e. The molecule has 1 unspecified atom stereocenters. The summed E-state index contributed by atoms with van der Waals surface area (Å²) in [5, 5.41) is 1.18. The first-order valence-electron chi connectivity index (χ1n) is 9.26. The molecule has 1 aliphatic rings. The molecule has 3 nitrogen and oxygen atoms in total. The zero-order chi connectivity index (χ0) is 18.3. The average molecular weight is 365 g/mol. The van der Waals surface area contributed by atoms with Gasteiger partial charge in [0.1, 0.15) is 0 Å². The van der Waals surface area contributed by atoms with E-state index in [2.05, 4.69) is 74.0 Å². The van der Waals surface area contributed by atoms with E-state index in [1.54, 1.807) is 11.8 Å². The average Bonchev–Trinajstić information content (AvgIpc) is 2.84. The summed E-state index contributed by atoms with van der Waals surface area (Å²) in [5.41, 5.74) is 5.02. The Labute approximate surface area is 159 Å². The van der Waals surface area contributed by atoms with Crippen molar-refractivity contribution >= 4 is 28.6 Å². The second-order valence-electron chi connectivity index (χ2n) is 6.72. The van der Waals surface area contributed by atoms with Gasteiger partial charge in [0.25, 0.3) is 0 Å². The van der Waals surface area contributed by atoms with E-state index >= 15 is 0 Å². The summed E-state index contributed by atoms with van der Waals surface area (Å²) < 4.78 is 2.29. The van der Waals surface area contributed by atoms with Crippen molar-refractivity contribution in [3.05, 3.63) is 54.1 Å². The molecule has 0 bridgehead atoms. The fourth-order valence-electron chi connectivity index (χ4n) is 4.04. The SMILES string of the molecule is CCN(CC)C(=O)C1Cc2c(n(C)c3ccccc23)-c2ccccc2S1. The summed E-state index contributed by atoms with van der Waals surface area (Å²) in [6.07, 6.45) is 0.769. The maximum absolute atomic E-state index is 13.2. The van der Waals surface area contributed by atoms with Gasteiger partial charge in [0.15, 0.2) is 0 Å². The van der Waals surface area contributed by atoms with Crippen molar-refractivity contribution in [1.29, 1.82) is 0 Å². The van der Waals surface area contributed by atoms with Crippen molar-refractivity contribution in [3.63, 3.8) is 0 Å². The quantitative estimate of drug-likeness (QED) is 0.671. The van der Waals surface area contributed by atoms with E-state index in [0.29, 0.717) is 0 Å². The fraction of sp³-hybridized carbons (Fsp3) is 0.318. The van der Waals surface area contributed by atoms with Crippen LogP contribution in [0.4, 0.5) is 0 Å². The molecule has 0 N–H and O–H groups in total. The molecule has 2 heterocycles. The smallest absolute Gasteiger partial charge is 0.236 e. The molecule has 0 saturated heterocycles. The molecule has 0 fully saturated rings. The Kier molecular flexibility index (Phi) is 4.53. The van der Waals surface area contributed by atoms with Crippen molar-refractivity contribution < 1.29 is 4.79 Å². The Morgan fingerprint density at radius 3 is 2.58 bits per heavy atom. The lowest BCUT2D eigenvalue weighted by atomic mass is 10.0. The molecule has 0 aliphatic carbocycles. The van der Waals surface area contributed by atoms with Gasteiger partial charge in [-0.2, -0.15) is 0 Å². The number of hydrogen-bond donors (Lipinski definition) is 0. The number of carbonyl (C=O) groups is 1. The third-order valence-electron chi connectivity index (χ3n) is 5.36. The second kappa shape index (κ2) is 6.84. The molecule has 26 heavy (non-hydrogen) atoms. The van der Waals surface area contributed by atoms with Crippen LogP contribution < -0.4 is 0 Å². The van der Waals surface area contributed by atoms with Gasteiger partial charge in [0, 0.05) is 41.5 Å². The van der Waals surface area contributed by atoms with Crippen molar-refractivity contribution in [2.45, 2.75) is 30.4 Å². The van der Waals surface area contributed by atoms with Gasteiger partial charge in [0.05, 0.1) is 10.9 Å². The molecule has 1 amide bonds. The molecule has 0 spiro atoms. The largest absolute Gasteiger partial charge is 0.343 e. The van der Waals surface area contributed by atoms with Crippen molar-refractivity contribution in [1.82, 2.24) is 9.47 Å². The third-order valence-corrected chi connectivity index (χ3v) is 6.63. The molecule has 4 heteroatoms. The molecule has 0 saturated carbocycles. The van der Waals surface area contributed by atoms with E-state index < -0.39 is 0 Å². The Balaban J connectivity index is 1.93. The maximum atomic E-state index is 13.2. The molecule has 1 aromatic heterocycles. The molecule has 1 atom stereocenters. The van der Waals surface area contributed by atoms with Gasteiger partial charge in [-0.15, -0.1) is 11.8 Å². The van der Waals surface area contributed by atoms with Gasteiger partial charge in [0.2, 0.25) is 5.91 Å². The second-order valence-corrected chi connectivity index (χ2v) is 7.97. The van der Waals surface area contributed by atoms with E-state index in [1.165, 1.54) is 32.6 Å². The molecule has 3 aromatic rings. The van der Waals surface area contributed by atoms with Crippen LogP contribution in [-0.2, 0) is 18.3 Å². The van der Waals surface area contributed by atoms with E-state index in [0.717, 1.165) is 19.5 Å². The molecular weight excluding hydrogens is 340 g/mol. The zero-order valence-electron chi connectivity index (χ0n) is 15.5. The fourth-order valence-corrected chi connectivity index (χ4v) is 5.30. The number of aryl methyl sites for hydroxylation is 1. The van der Waals surface area contributed by atoms with Crippen molar-refractivity contribution in [2.75, 3.05) is 13.1 Å². The number of hydrogen-bond acceptors (Lipinski definition) is 2. The first-order valence-corrected chi connectivity index (χ1v) is 10.1. The number of carbonyl (C=O) groups excluding carboxylic acids is 1. The Hall–Kier alpha value is -2.20. The number of aromatic nitrogens is 1. The highest BCUT2D eigenvalue weighted by molar-refractivity contribution is 8.00. The molecule has 0 radical (unpaired) electrons. The Bertz CT molecular complexity index is 971. The summed E-state index contributed by atoms with van der Waals surface area (Å²) in [7, 11) is 2.13. The highest BCUT2D eigenvalue weighted by Crippen LogP contribution is 2.44. The van der Waals surface area contributed by atoms with Gasteiger partial charge in [-0.1, -0.05) is 36.4 Å². The molecular formula is C22H24N2OS. The predicted octanol–water partition coefficient (Wildman–Crippen LogP) is 4.73. The normalized spacial score (nSPS) is 16.0. The minimum absolute atomic E-state index is 0.0805. The first kappa shape index (κ1) is 17.2. The van der Waals surface area contributed by atoms with Crippen LogP contribution in [0.3, 0.4) is 0 Å². The van der Waals surface area contributed by atoms with Crippen LogP contribution >= 0.6 is 11.8 Å². The predicted molar refractivity (Wildman–Crippen MR) is 110 cm³/mol. The zero-order valence-corrected chi connectivity index (χ0v) is 16.3. The monoisotopic (exact) mass is 364 g/mol. The Morgan fingerprint density at radius 1 is 1.12 bits per heavy atom. The minimum atomic E-state index is -0.0805. The Morgan fingerprint density at radius 2 is 1.81 bits per heavy atom. The number of amides is 1. The van der Waals surface area contributed by atoms with Crippen LogP contribution in [0.1, 0.15) is 19.4 Å². The first-order chi connectivity index (χ1) is 12.7. The van der Waals surface area contributed by atoms with Gasteiger partial charge in [-0.3, -0.25) is 4.79 Å². The summed E-state index contributed by atoms with van der Waals surface area (Å²) in [5.74, 6) is 0.246. The van der Waals surface area contributed by atoms with E-state index in [-0.39, 0.29) is 11.2 Å². The van der Waals surface area contributed by atoms with Gasteiger partial charge in [-0.25, -0.2) is 0 Å². The van der Waals surface area contributed by atoms with Crippen LogP contribution in [0.15, 0.2) is 53.4 Å². The lowest BCUT2D eigenvalue weighted by Gasteiger charge is -2.24. The number of benzene rings is 2. The summed E-state index contributed by atoms with van der Waals surface area (Å²) in [4.78, 5) is 16.3. The number of fused-ring (bicyclic) bond motifs is 5. The summed E-state index contributed by atoms with van der Waals surface area (Å²) in [6.45, 7) is 5.63. The van der Waals surface area contributed by atoms with Crippen LogP contribution in [0.5, 0.6) is 0 Å². The van der Waals surface area contributed by atoms with E-state index in [1.807, 2.05) is 4.90 Å². The highest BCUT2D eigenvalue weighted by Gasteiger charge is 2.31. The molecule has 1 aliphatic heterocycles. The van der Waals surface area contributed by atoms with Gasteiger partial charge in [-0.05, 0) is 38.0 Å². The highest BCUT2D eigenvalue weighted by atomic mass is 32.2. The molecule has 134 valence electrons. The van der Waals surface area contributed by atoms with Gasteiger partial charge >= 0.3 is 0 Å². The lowest BCUT2D eigenvalue weighted by molar-refractivity contribution is -0.130. The number of rotatable bonds is 3. The number of nitrogens with zero attached hydrogens (tertiary/aromatic N) is 2. The minimum Gasteiger partial charge on any atom is -0.343 e. The van der Waals surface area contributed by atoms with Crippen molar-refractivity contribution in [3.8, 4) is 11.3 Å². The lowest BCUT2D eigenvalue weighted by Crippen LogP contribution is -2.38. The van der Waals surface area contributed by atoms with Crippen LogP contribution in [0.2, 0.25) is 0 Å². The number of thioether (sulfide) groups is 1. The third kappa shape index (κ3) is 2.64. The van der Waals surface area contributed by atoms with E-state index in [4.69, 9.17) is 0 Å². The molecule has 2 aromatic carbocycles. The van der Waals surface area contributed by atoms with Crippen molar-refractivity contribution in [2.24, 2.45) is 7.05 Å². The van der Waals surface area contributed by atoms with Crippen LogP contribution in [0.25, 0.3) is 22.2 Å². The summed E-state index contributed by atoms with van der Waals surface area (Å²) in [6, 6.07) is 17.0. The standard InChI is InChI=1S/C22H24N2OS/c1-4-24(5-2)22(25)20-14-17-15-10-6-8-12-18(15)23(3)21(17)16-11-7-9-13-19(16)26-20/h6-13,20H,4-5,14H2,1-3H3. The topological polar surface area (TPSA) is 25.2 Å². The van der Waals surface area contributed by atoms with Crippen LogP contribution in [-0.4, -0.2) is 33.7 Å². The van der Waals surface area contributed by atoms with Gasteiger partial charge < -0.3 is 9.47 Å².